The normalized spacial score (nSPS) is 12.3. The Morgan fingerprint density at radius 2 is 2.38 bits per heavy atom. The number of carboxylic acids is 1. The molecule has 0 amide bonds. The van der Waals surface area contributed by atoms with E-state index in [1.54, 1.807) is 6.20 Å². The highest BCUT2D eigenvalue weighted by Gasteiger charge is 2.03. The minimum Gasteiger partial charge on any atom is -0.481 e. The minimum atomic E-state index is -0.722. The van der Waals surface area contributed by atoms with Crippen LogP contribution in [0.3, 0.4) is 0 Å². The molecule has 0 aliphatic heterocycles. The maximum absolute atomic E-state index is 10.3. The lowest BCUT2D eigenvalue weighted by atomic mass is 10.1. The Hall–Kier alpha value is -1.42. The summed E-state index contributed by atoms with van der Waals surface area (Å²) in [5, 5.41) is 11.8. The van der Waals surface area contributed by atoms with Crippen molar-refractivity contribution in [3.8, 4) is 0 Å². The smallest absolute Gasteiger partial charge is 0.303 e. The van der Waals surface area contributed by atoms with Crippen LogP contribution in [0.15, 0.2) is 24.5 Å². The highest BCUT2D eigenvalue weighted by atomic mass is 16.4. The number of pyridine rings is 1. The Morgan fingerprint density at radius 3 is 3.00 bits per heavy atom. The van der Waals surface area contributed by atoms with E-state index < -0.39 is 5.97 Å². The molecule has 0 saturated heterocycles. The molecule has 4 heteroatoms. The Kier molecular flexibility index (Phi) is 5.50. The first-order valence-electron chi connectivity index (χ1n) is 5.55. The van der Waals surface area contributed by atoms with Gasteiger partial charge < -0.3 is 10.4 Å². The predicted octanol–water partition coefficient (Wildman–Crippen LogP) is 1.99. The summed E-state index contributed by atoms with van der Waals surface area (Å²) in [6.45, 7) is 2.91. The van der Waals surface area contributed by atoms with Gasteiger partial charge in [0.2, 0.25) is 0 Å². The van der Waals surface area contributed by atoms with Gasteiger partial charge in [-0.15, -0.1) is 0 Å². The number of unbranched alkanes of at least 4 members (excludes halogenated alkanes) is 1. The summed E-state index contributed by atoms with van der Waals surface area (Å²) in [7, 11) is 0. The number of nitrogens with one attached hydrogen (secondary N) is 1. The summed E-state index contributed by atoms with van der Waals surface area (Å²) in [5.41, 5.74) is 1.15. The first kappa shape index (κ1) is 12.6. The quantitative estimate of drug-likeness (QED) is 0.692. The van der Waals surface area contributed by atoms with Gasteiger partial charge in [-0.1, -0.05) is 6.07 Å². The van der Waals surface area contributed by atoms with Crippen molar-refractivity contribution >= 4 is 5.97 Å². The Balaban J connectivity index is 2.16. The zero-order chi connectivity index (χ0) is 11.8. The average Bonchev–Trinajstić information content (AvgIpc) is 2.29. The van der Waals surface area contributed by atoms with E-state index in [9.17, 15) is 4.79 Å². The fraction of sp³-hybridized carbons (Fsp3) is 0.500. The Labute approximate surface area is 95.7 Å². The molecule has 0 bridgehead atoms. The molecule has 1 aromatic heterocycles. The second-order valence-corrected chi connectivity index (χ2v) is 3.81. The van der Waals surface area contributed by atoms with E-state index in [0.717, 1.165) is 24.9 Å². The highest BCUT2D eigenvalue weighted by molar-refractivity contribution is 5.66. The van der Waals surface area contributed by atoms with Gasteiger partial charge in [0.25, 0.3) is 0 Å². The van der Waals surface area contributed by atoms with E-state index >= 15 is 0 Å². The van der Waals surface area contributed by atoms with Crippen LogP contribution in [0.4, 0.5) is 0 Å². The van der Waals surface area contributed by atoms with Gasteiger partial charge in [0, 0.05) is 24.9 Å². The van der Waals surface area contributed by atoms with Gasteiger partial charge in [0.15, 0.2) is 0 Å². The summed E-state index contributed by atoms with van der Waals surface area (Å²) >= 11 is 0. The lowest BCUT2D eigenvalue weighted by Gasteiger charge is -2.13. The van der Waals surface area contributed by atoms with Crippen LogP contribution >= 0.6 is 0 Å². The molecule has 1 atom stereocenters. The van der Waals surface area contributed by atoms with Crippen molar-refractivity contribution in [2.24, 2.45) is 0 Å². The zero-order valence-electron chi connectivity index (χ0n) is 9.52. The van der Waals surface area contributed by atoms with Gasteiger partial charge >= 0.3 is 5.97 Å². The monoisotopic (exact) mass is 222 g/mol. The van der Waals surface area contributed by atoms with Gasteiger partial charge in [-0.25, -0.2) is 0 Å². The third-order valence-electron chi connectivity index (χ3n) is 2.45. The molecule has 0 aliphatic rings. The van der Waals surface area contributed by atoms with Crippen LogP contribution in [0.2, 0.25) is 0 Å². The number of carbonyl (C=O) groups is 1. The molecule has 1 aromatic rings. The van der Waals surface area contributed by atoms with Crippen molar-refractivity contribution < 1.29 is 9.90 Å². The topological polar surface area (TPSA) is 62.2 Å². The molecule has 1 rings (SSSR count). The van der Waals surface area contributed by atoms with E-state index in [2.05, 4.69) is 17.2 Å². The number of hydrogen-bond donors (Lipinski definition) is 2. The average molecular weight is 222 g/mol. The van der Waals surface area contributed by atoms with Crippen LogP contribution in [0.1, 0.15) is 37.8 Å². The van der Waals surface area contributed by atoms with Crippen molar-refractivity contribution in [2.75, 3.05) is 6.54 Å². The first-order valence-corrected chi connectivity index (χ1v) is 5.55. The zero-order valence-corrected chi connectivity index (χ0v) is 9.52. The van der Waals surface area contributed by atoms with Crippen molar-refractivity contribution in [2.45, 2.75) is 32.2 Å². The van der Waals surface area contributed by atoms with E-state index in [0.29, 0.717) is 0 Å². The second-order valence-electron chi connectivity index (χ2n) is 3.81. The van der Waals surface area contributed by atoms with Gasteiger partial charge in [-0.05, 0) is 37.9 Å². The molecule has 1 heterocycles. The molecular weight excluding hydrogens is 204 g/mol. The molecule has 4 nitrogen and oxygen atoms in total. The maximum Gasteiger partial charge on any atom is 0.303 e. The minimum absolute atomic E-state index is 0.253. The Morgan fingerprint density at radius 1 is 1.56 bits per heavy atom. The van der Waals surface area contributed by atoms with Crippen LogP contribution in [0, 0.1) is 0 Å². The molecule has 0 spiro atoms. The van der Waals surface area contributed by atoms with Gasteiger partial charge in [-0.3, -0.25) is 9.78 Å². The number of hydrogen-bond acceptors (Lipinski definition) is 3. The SMILES string of the molecule is C[C@@H](NCCCCC(=O)O)c1cccnc1. The summed E-state index contributed by atoms with van der Waals surface area (Å²) in [5.74, 6) is -0.722. The first-order chi connectivity index (χ1) is 7.70. The largest absolute Gasteiger partial charge is 0.481 e. The molecule has 88 valence electrons. The lowest BCUT2D eigenvalue weighted by Crippen LogP contribution is -2.20. The van der Waals surface area contributed by atoms with Crippen LogP contribution in [-0.2, 0) is 4.79 Å². The van der Waals surface area contributed by atoms with Crippen LogP contribution in [-0.4, -0.2) is 22.6 Å². The number of rotatable bonds is 7. The van der Waals surface area contributed by atoms with E-state index in [-0.39, 0.29) is 12.5 Å². The van der Waals surface area contributed by atoms with Crippen molar-refractivity contribution in [1.29, 1.82) is 0 Å². The van der Waals surface area contributed by atoms with Gasteiger partial charge in [0.05, 0.1) is 0 Å². The highest BCUT2D eigenvalue weighted by Crippen LogP contribution is 2.09. The summed E-state index contributed by atoms with van der Waals surface area (Å²) in [4.78, 5) is 14.3. The van der Waals surface area contributed by atoms with E-state index in [1.165, 1.54) is 0 Å². The molecule has 0 unspecified atom stereocenters. The maximum atomic E-state index is 10.3. The van der Waals surface area contributed by atoms with E-state index in [4.69, 9.17) is 5.11 Å². The van der Waals surface area contributed by atoms with Crippen molar-refractivity contribution in [3.63, 3.8) is 0 Å². The second kappa shape index (κ2) is 6.95. The van der Waals surface area contributed by atoms with Crippen LogP contribution in [0.5, 0.6) is 0 Å². The molecule has 2 N–H and O–H groups in total. The molecule has 0 saturated carbocycles. The van der Waals surface area contributed by atoms with E-state index in [1.807, 2.05) is 18.3 Å². The summed E-state index contributed by atoms with van der Waals surface area (Å²) in [6.07, 6.45) is 5.46. The molecule has 0 aromatic carbocycles. The third-order valence-corrected chi connectivity index (χ3v) is 2.45. The predicted molar refractivity (Wildman–Crippen MR) is 62.1 cm³/mol. The molecule has 16 heavy (non-hydrogen) atoms. The number of aliphatic carboxylic acids is 1. The van der Waals surface area contributed by atoms with Crippen molar-refractivity contribution in [1.82, 2.24) is 10.3 Å². The lowest BCUT2D eigenvalue weighted by molar-refractivity contribution is -0.137. The van der Waals surface area contributed by atoms with Crippen molar-refractivity contribution in [3.05, 3.63) is 30.1 Å². The number of carboxylic acid groups (broad SMARTS) is 1. The van der Waals surface area contributed by atoms with Crippen LogP contribution in [0.25, 0.3) is 0 Å². The molecular formula is C12H18N2O2. The fourth-order valence-electron chi connectivity index (χ4n) is 1.47. The van der Waals surface area contributed by atoms with Crippen LogP contribution < -0.4 is 5.32 Å². The number of aromatic nitrogens is 1. The fourth-order valence-corrected chi connectivity index (χ4v) is 1.47. The Bertz CT molecular complexity index is 314. The summed E-state index contributed by atoms with van der Waals surface area (Å²) in [6, 6.07) is 4.21. The standard InChI is InChI=1S/C12H18N2O2/c1-10(11-5-4-7-13-9-11)14-8-3-2-6-12(15)16/h4-5,7,9-10,14H,2-3,6,8H2,1H3,(H,15,16)/t10-/m1/s1. The molecule has 0 radical (unpaired) electrons. The molecule has 0 aliphatic carbocycles. The number of nitrogens with zero attached hydrogens (tertiary/aromatic N) is 1. The third kappa shape index (κ3) is 4.89. The summed E-state index contributed by atoms with van der Waals surface area (Å²) < 4.78 is 0. The molecule has 0 fully saturated rings. The van der Waals surface area contributed by atoms with Gasteiger partial charge in [-0.2, -0.15) is 0 Å². The van der Waals surface area contributed by atoms with Gasteiger partial charge in [0.1, 0.15) is 0 Å².